The summed E-state index contributed by atoms with van der Waals surface area (Å²) in [7, 11) is 0. The second kappa shape index (κ2) is 12.6. The van der Waals surface area contributed by atoms with Gasteiger partial charge < -0.3 is 20.1 Å². The van der Waals surface area contributed by atoms with Crippen molar-refractivity contribution < 1.29 is 46.4 Å². The van der Waals surface area contributed by atoms with Crippen LogP contribution in [0.1, 0.15) is 34.9 Å². The van der Waals surface area contributed by atoms with Crippen molar-refractivity contribution in [2.75, 3.05) is 6.61 Å². The maximum absolute atomic E-state index is 14.4. The van der Waals surface area contributed by atoms with Crippen LogP contribution < -0.4 is 0 Å². The molecule has 3 aromatic carbocycles. The second-order valence-electron chi connectivity index (χ2n) is 11.3. The lowest BCUT2D eigenvalue weighted by Gasteiger charge is -2.42. The van der Waals surface area contributed by atoms with Crippen molar-refractivity contribution in [1.82, 2.24) is 24.5 Å². The normalized spacial score (nSPS) is 21.5. The van der Waals surface area contributed by atoms with Gasteiger partial charge in [0.05, 0.1) is 17.9 Å². The third-order valence-corrected chi connectivity index (χ3v) is 8.35. The molecular weight excluding hydrogens is 668 g/mol. The molecule has 0 unspecified atom stereocenters. The molecule has 252 valence electrons. The first-order chi connectivity index (χ1) is 22.7. The van der Waals surface area contributed by atoms with E-state index in [0.717, 1.165) is 39.7 Å². The first-order valence-corrected chi connectivity index (χ1v) is 14.8. The summed E-state index contributed by atoms with van der Waals surface area (Å²) in [4.78, 5) is 4.24. The van der Waals surface area contributed by atoms with Gasteiger partial charge in [-0.05, 0) is 55.3 Å². The van der Waals surface area contributed by atoms with Crippen molar-refractivity contribution in [2.45, 2.75) is 50.5 Å². The smallest absolute Gasteiger partial charge is 0.394 e. The molecule has 2 aromatic heterocycles. The average molecular weight is 694 g/mol. The summed E-state index contributed by atoms with van der Waals surface area (Å²) in [6.07, 6.45) is -10.1. The third kappa shape index (κ3) is 5.96. The summed E-state index contributed by atoms with van der Waals surface area (Å²) in [6.45, 7) is 2.35. The predicted octanol–water partition coefficient (Wildman–Crippen LogP) is 5.90. The number of ether oxygens (including phenoxy) is 1. The molecule has 9 nitrogen and oxygen atoms in total. The minimum Gasteiger partial charge on any atom is -0.394 e. The number of aromatic nitrogens is 5. The SMILES string of the molecule is Cc1nc([C@@H]2O[C@H](CO)[C@H](O)[C@H](n3cc(-c4cc(F)c(F)c(F)c4)c(-c4ccccc4C)n3)[C@H]2O)n(-c2cc(Cl)ccc2C(F)(F)F)n1. The largest absolute Gasteiger partial charge is 0.418 e. The molecule has 0 radical (unpaired) electrons. The van der Waals surface area contributed by atoms with Crippen molar-refractivity contribution >= 4 is 11.6 Å². The molecule has 5 aromatic rings. The van der Waals surface area contributed by atoms with Crippen molar-refractivity contribution in [3.8, 4) is 28.1 Å². The number of aliphatic hydroxyl groups excluding tert-OH is 3. The van der Waals surface area contributed by atoms with Gasteiger partial charge in [-0.3, -0.25) is 4.68 Å². The van der Waals surface area contributed by atoms with Crippen molar-refractivity contribution in [2.24, 2.45) is 0 Å². The van der Waals surface area contributed by atoms with Crippen LogP contribution in [0.15, 0.2) is 60.8 Å². The van der Waals surface area contributed by atoms with Crippen LogP contribution in [-0.2, 0) is 10.9 Å². The Morgan fingerprint density at radius 1 is 0.917 bits per heavy atom. The number of aryl methyl sites for hydroxylation is 2. The molecule has 3 N–H and O–H groups in total. The Kier molecular flexibility index (Phi) is 8.85. The van der Waals surface area contributed by atoms with Gasteiger partial charge in [-0.15, -0.1) is 0 Å². The number of hydrogen-bond donors (Lipinski definition) is 3. The Hall–Kier alpha value is -4.28. The summed E-state index contributed by atoms with van der Waals surface area (Å²) < 4.78 is 92.7. The lowest BCUT2D eigenvalue weighted by Crippen LogP contribution is -2.53. The highest BCUT2D eigenvalue weighted by atomic mass is 35.5. The topological polar surface area (TPSA) is 118 Å². The van der Waals surface area contributed by atoms with Crippen LogP contribution in [0.5, 0.6) is 0 Å². The molecule has 0 amide bonds. The standard InChI is InChI=1S/C32H26ClF6N5O4/c1-14-5-3-4-6-18(14)26-19(16-9-21(34)25(36)22(35)10-16)12-43(42-26)27-28(46)24(13-45)48-30(29(27)47)31-40-15(2)41-44(31)23-11-17(33)7-8-20(23)32(37,38)39/h3-12,24,27-30,45-47H,13H2,1-2H3/t24-,27+,28+,29-,30-/m1/s1. The number of nitrogens with zero attached hydrogens (tertiary/aromatic N) is 5. The van der Waals surface area contributed by atoms with Crippen LogP contribution >= 0.6 is 11.6 Å². The van der Waals surface area contributed by atoms with Gasteiger partial charge in [0.15, 0.2) is 23.3 Å². The fourth-order valence-electron chi connectivity index (χ4n) is 5.84. The molecule has 5 atom stereocenters. The zero-order valence-electron chi connectivity index (χ0n) is 25.0. The fraction of sp³-hybridized carbons (Fsp3) is 0.281. The van der Waals surface area contributed by atoms with E-state index in [-0.39, 0.29) is 33.5 Å². The Bertz CT molecular complexity index is 1980. The average Bonchev–Trinajstić information content (AvgIpc) is 3.63. The Labute approximate surface area is 273 Å². The lowest BCUT2D eigenvalue weighted by atomic mass is 9.92. The first kappa shape index (κ1) is 33.6. The highest BCUT2D eigenvalue weighted by Gasteiger charge is 2.49. The van der Waals surface area contributed by atoms with E-state index in [0.29, 0.717) is 11.1 Å². The molecule has 6 rings (SSSR count). The molecule has 1 aliphatic rings. The summed E-state index contributed by atoms with van der Waals surface area (Å²) in [6, 6.07) is 9.76. The first-order valence-electron chi connectivity index (χ1n) is 14.4. The molecular formula is C32H26ClF6N5O4. The molecule has 3 heterocycles. The summed E-state index contributed by atoms with van der Waals surface area (Å²) >= 11 is 6.06. The third-order valence-electron chi connectivity index (χ3n) is 8.11. The maximum Gasteiger partial charge on any atom is 0.418 e. The zero-order chi connectivity index (χ0) is 34.7. The minimum atomic E-state index is -4.84. The van der Waals surface area contributed by atoms with E-state index in [1.165, 1.54) is 13.1 Å². The summed E-state index contributed by atoms with van der Waals surface area (Å²) in [5.41, 5.74) is -0.314. The van der Waals surface area contributed by atoms with Crippen molar-refractivity contribution in [3.63, 3.8) is 0 Å². The van der Waals surface area contributed by atoms with Gasteiger partial charge in [-0.1, -0.05) is 35.9 Å². The molecule has 0 saturated carbocycles. The zero-order valence-corrected chi connectivity index (χ0v) is 25.8. The highest BCUT2D eigenvalue weighted by molar-refractivity contribution is 6.30. The van der Waals surface area contributed by atoms with Crippen LogP contribution in [0, 0.1) is 31.3 Å². The van der Waals surface area contributed by atoms with E-state index in [2.05, 4.69) is 15.2 Å². The molecule has 0 spiro atoms. The quantitative estimate of drug-likeness (QED) is 0.150. The number of alkyl halides is 3. The van der Waals surface area contributed by atoms with Gasteiger partial charge in [-0.2, -0.15) is 23.4 Å². The number of benzene rings is 3. The molecule has 1 saturated heterocycles. The van der Waals surface area contributed by atoms with Crippen LogP contribution in [0.4, 0.5) is 26.3 Å². The van der Waals surface area contributed by atoms with Gasteiger partial charge in [0.25, 0.3) is 0 Å². The van der Waals surface area contributed by atoms with Gasteiger partial charge in [0.2, 0.25) is 0 Å². The number of halogens is 7. The van der Waals surface area contributed by atoms with E-state index >= 15 is 0 Å². The number of rotatable bonds is 6. The summed E-state index contributed by atoms with van der Waals surface area (Å²) in [5, 5.41) is 41.9. The van der Waals surface area contributed by atoms with Crippen molar-refractivity contribution in [3.05, 3.63) is 106 Å². The van der Waals surface area contributed by atoms with Gasteiger partial charge in [0, 0.05) is 22.3 Å². The van der Waals surface area contributed by atoms with Crippen LogP contribution in [0.3, 0.4) is 0 Å². The van der Waals surface area contributed by atoms with Crippen molar-refractivity contribution in [1.29, 1.82) is 0 Å². The molecule has 0 aliphatic carbocycles. The minimum absolute atomic E-state index is 0.000646. The molecule has 0 bridgehead atoms. The second-order valence-corrected chi connectivity index (χ2v) is 11.7. The Morgan fingerprint density at radius 2 is 1.60 bits per heavy atom. The Balaban J connectivity index is 1.52. The maximum atomic E-state index is 14.4. The van der Waals surface area contributed by atoms with E-state index in [1.807, 2.05) is 0 Å². The molecule has 48 heavy (non-hydrogen) atoms. The number of aliphatic hydroxyl groups is 3. The van der Waals surface area contributed by atoms with Crippen LogP contribution in [0.2, 0.25) is 5.02 Å². The molecule has 1 fully saturated rings. The van der Waals surface area contributed by atoms with Gasteiger partial charge >= 0.3 is 6.18 Å². The van der Waals surface area contributed by atoms with E-state index in [9.17, 15) is 41.7 Å². The fourth-order valence-corrected chi connectivity index (χ4v) is 6.01. The summed E-state index contributed by atoms with van der Waals surface area (Å²) in [5.74, 6) is -4.92. The Morgan fingerprint density at radius 3 is 2.25 bits per heavy atom. The van der Waals surface area contributed by atoms with Crippen LogP contribution in [-0.4, -0.2) is 64.8 Å². The van der Waals surface area contributed by atoms with E-state index in [4.69, 9.17) is 16.3 Å². The van der Waals surface area contributed by atoms with Gasteiger partial charge in [0.1, 0.15) is 42.0 Å². The van der Waals surface area contributed by atoms with E-state index < -0.39 is 71.9 Å². The molecule has 16 heteroatoms. The predicted molar refractivity (Wildman–Crippen MR) is 160 cm³/mol. The highest BCUT2D eigenvalue weighted by Crippen LogP contribution is 2.42. The monoisotopic (exact) mass is 693 g/mol. The van der Waals surface area contributed by atoms with Gasteiger partial charge in [-0.25, -0.2) is 22.8 Å². The lowest BCUT2D eigenvalue weighted by molar-refractivity contribution is -0.210. The molecule has 1 aliphatic heterocycles. The van der Waals surface area contributed by atoms with E-state index in [1.54, 1.807) is 31.2 Å². The van der Waals surface area contributed by atoms with Crippen LogP contribution in [0.25, 0.3) is 28.1 Å². The number of hydrogen-bond acceptors (Lipinski definition) is 7.